The first-order valence-electron chi connectivity index (χ1n) is 5.37. The molecule has 0 saturated heterocycles. The second kappa shape index (κ2) is 3.87. The van der Waals surface area contributed by atoms with E-state index in [0.29, 0.717) is 18.4 Å². The molecule has 1 aliphatic rings. The summed E-state index contributed by atoms with van der Waals surface area (Å²) in [5.74, 6) is -0.500. The van der Waals surface area contributed by atoms with Crippen molar-refractivity contribution >= 4 is 5.91 Å². The predicted molar refractivity (Wildman–Crippen MR) is 59.1 cm³/mol. The van der Waals surface area contributed by atoms with E-state index < -0.39 is 5.54 Å². The third-order valence-electron chi connectivity index (χ3n) is 2.96. The van der Waals surface area contributed by atoms with Gasteiger partial charge in [0.2, 0.25) is 5.91 Å². The predicted octanol–water partition coefficient (Wildman–Crippen LogP) is 1.49. The minimum absolute atomic E-state index is 0.191. The molecule has 0 aliphatic heterocycles. The summed E-state index contributed by atoms with van der Waals surface area (Å²) >= 11 is 0. The molecule has 3 N–H and O–H groups in total. The molecule has 4 heteroatoms. The van der Waals surface area contributed by atoms with Crippen LogP contribution in [0.1, 0.15) is 31.4 Å². The molecule has 1 aromatic rings. The third kappa shape index (κ3) is 2.07. The number of halogens is 1. The molecule has 0 aromatic heterocycles. The van der Waals surface area contributed by atoms with Gasteiger partial charge in [-0.15, -0.1) is 0 Å². The van der Waals surface area contributed by atoms with Gasteiger partial charge in [0.15, 0.2) is 0 Å². The van der Waals surface area contributed by atoms with Gasteiger partial charge in [-0.3, -0.25) is 4.79 Å². The van der Waals surface area contributed by atoms with Crippen molar-refractivity contribution in [3.63, 3.8) is 0 Å². The van der Waals surface area contributed by atoms with E-state index in [1.807, 2.05) is 0 Å². The number of nitrogens with one attached hydrogen (secondary N) is 1. The number of benzene rings is 1. The van der Waals surface area contributed by atoms with Crippen LogP contribution >= 0.6 is 0 Å². The Hall–Kier alpha value is -1.42. The Morgan fingerprint density at radius 3 is 2.69 bits per heavy atom. The van der Waals surface area contributed by atoms with E-state index in [-0.39, 0.29) is 17.8 Å². The minimum atomic E-state index is -0.709. The highest BCUT2D eigenvalue weighted by atomic mass is 19.1. The number of carbonyl (C=O) groups excluding carboxylic acids is 1. The highest BCUT2D eigenvalue weighted by Gasteiger charge is 2.46. The average molecular weight is 222 g/mol. The Balaban J connectivity index is 2.06. The van der Waals surface area contributed by atoms with Crippen LogP contribution in [0.3, 0.4) is 0 Å². The van der Waals surface area contributed by atoms with Gasteiger partial charge >= 0.3 is 0 Å². The Labute approximate surface area is 93.8 Å². The monoisotopic (exact) mass is 222 g/mol. The zero-order chi connectivity index (χ0) is 11.8. The molecular formula is C12H15FN2O. The largest absolute Gasteiger partial charge is 0.348 e. The molecule has 1 aromatic carbocycles. The molecule has 1 amide bonds. The van der Waals surface area contributed by atoms with Gasteiger partial charge in [-0.1, -0.05) is 18.2 Å². The molecule has 3 nitrogen and oxygen atoms in total. The molecule has 1 saturated carbocycles. The molecule has 0 bridgehead atoms. The van der Waals surface area contributed by atoms with Crippen molar-refractivity contribution < 1.29 is 9.18 Å². The summed E-state index contributed by atoms with van der Waals surface area (Å²) in [6.45, 7) is 1.75. The Morgan fingerprint density at radius 1 is 1.50 bits per heavy atom. The van der Waals surface area contributed by atoms with Crippen molar-refractivity contribution in [2.24, 2.45) is 5.73 Å². The van der Waals surface area contributed by atoms with Crippen LogP contribution in [0.4, 0.5) is 4.39 Å². The molecule has 0 heterocycles. The maximum absolute atomic E-state index is 13.4. The van der Waals surface area contributed by atoms with Gasteiger partial charge in [0.05, 0.1) is 11.6 Å². The van der Waals surface area contributed by atoms with Crippen LogP contribution in [-0.4, -0.2) is 11.4 Å². The summed E-state index contributed by atoms with van der Waals surface area (Å²) in [5.41, 5.74) is 5.53. The van der Waals surface area contributed by atoms with Gasteiger partial charge in [-0.2, -0.15) is 0 Å². The van der Waals surface area contributed by atoms with E-state index in [0.717, 1.165) is 0 Å². The molecule has 86 valence electrons. The van der Waals surface area contributed by atoms with Crippen LogP contribution in [0.2, 0.25) is 0 Å². The summed E-state index contributed by atoms with van der Waals surface area (Å²) < 4.78 is 13.4. The molecule has 0 radical (unpaired) electrons. The summed E-state index contributed by atoms with van der Waals surface area (Å²) in [4.78, 5) is 11.7. The molecule has 2 rings (SSSR count). The fourth-order valence-corrected chi connectivity index (χ4v) is 1.61. The van der Waals surface area contributed by atoms with E-state index in [4.69, 9.17) is 5.73 Å². The average Bonchev–Trinajstić information content (AvgIpc) is 2.98. The van der Waals surface area contributed by atoms with Crippen molar-refractivity contribution in [2.75, 3.05) is 0 Å². The summed E-state index contributed by atoms with van der Waals surface area (Å²) in [5, 5.41) is 2.74. The quantitative estimate of drug-likeness (QED) is 0.814. The zero-order valence-electron chi connectivity index (χ0n) is 9.16. The van der Waals surface area contributed by atoms with Crippen molar-refractivity contribution in [3.8, 4) is 0 Å². The second-order valence-electron chi connectivity index (χ2n) is 4.37. The van der Waals surface area contributed by atoms with Crippen LogP contribution in [-0.2, 0) is 4.79 Å². The van der Waals surface area contributed by atoms with E-state index in [9.17, 15) is 9.18 Å². The van der Waals surface area contributed by atoms with Crippen molar-refractivity contribution in [2.45, 2.75) is 31.3 Å². The topological polar surface area (TPSA) is 55.1 Å². The SMILES string of the molecule is C[C@@H](NC(=O)C1(N)CC1)c1ccccc1F. The van der Waals surface area contributed by atoms with Crippen molar-refractivity contribution in [1.29, 1.82) is 0 Å². The molecule has 16 heavy (non-hydrogen) atoms. The molecule has 0 spiro atoms. The van der Waals surface area contributed by atoms with Gasteiger partial charge < -0.3 is 11.1 Å². The highest BCUT2D eigenvalue weighted by Crippen LogP contribution is 2.33. The number of amides is 1. The van der Waals surface area contributed by atoms with E-state index in [2.05, 4.69) is 5.32 Å². The number of hydrogen-bond acceptors (Lipinski definition) is 2. The Morgan fingerprint density at radius 2 is 2.12 bits per heavy atom. The highest BCUT2D eigenvalue weighted by molar-refractivity contribution is 5.89. The molecular weight excluding hydrogens is 207 g/mol. The second-order valence-corrected chi connectivity index (χ2v) is 4.37. The first-order chi connectivity index (χ1) is 7.53. The lowest BCUT2D eigenvalue weighted by molar-refractivity contribution is -0.123. The van der Waals surface area contributed by atoms with Crippen molar-refractivity contribution in [1.82, 2.24) is 5.32 Å². The van der Waals surface area contributed by atoms with Gasteiger partial charge in [0, 0.05) is 5.56 Å². The van der Waals surface area contributed by atoms with Crippen LogP contribution in [0.15, 0.2) is 24.3 Å². The van der Waals surface area contributed by atoms with Crippen molar-refractivity contribution in [3.05, 3.63) is 35.6 Å². The molecule has 1 atom stereocenters. The number of carbonyl (C=O) groups is 1. The summed E-state index contributed by atoms with van der Waals surface area (Å²) in [6, 6.07) is 6.06. The maximum Gasteiger partial charge on any atom is 0.240 e. The standard InChI is InChI=1S/C12H15FN2O/c1-8(9-4-2-3-5-10(9)13)15-11(16)12(14)6-7-12/h2-5,8H,6-7,14H2,1H3,(H,15,16)/t8-/m1/s1. The van der Waals surface area contributed by atoms with E-state index in [1.54, 1.807) is 25.1 Å². The number of nitrogens with two attached hydrogens (primary N) is 1. The Bertz CT molecular complexity index is 415. The van der Waals surface area contributed by atoms with Gasteiger partial charge in [0.25, 0.3) is 0 Å². The van der Waals surface area contributed by atoms with E-state index in [1.165, 1.54) is 6.07 Å². The van der Waals surface area contributed by atoms with Gasteiger partial charge in [0.1, 0.15) is 5.82 Å². The fourth-order valence-electron chi connectivity index (χ4n) is 1.61. The lowest BCUT2D eigenvalue weighted by Crippen LogP contribution is -2.43. The number of hydrogen-bond donors (Lipinski definition) is 2. The lowest BCUT2D eigenvalue weighted by Gasteiger charge is -2.17. The van der Waals surface area contributed by atoms with E-state index >= 15 is 0 Å². The zero-order valence-corrected chi connectivity index (χ0v) is 9.16. The third-order valence-corrected chi connectivity index (χ3v) is 2.96. The lowest BCUT2D eigenvalue weighted by atomic mass is 10.1. The fraction of sp³-hybridized carbons (Fsp3) is 0.417. The van der Waals surface area contributed by atoms with Crippen LogP contribution in [0.5, 0.6) is 0 Å². The molecule has 1 fully saturated rings. The smallest absolute Gasteiger partial charge is 0.240 e. The van der Waals surface area contributed by atoms with Gasteiger partial charge in [-0.05, 0) is 25.8 Å². The summed E-state index contributed by atoms with van der Waals surface area (Å²) in [6.07, 6.45) is 1.42. The normalized spacial score (nSPS) is 18.9. The van der Waals surface area contributed by atoms with Crippen LogP contribution < -0.4 is 11.1 Å². The maximum atomic E-state index is 13.4. The summed E-state index contributed by atoms with van der Waals surface area (Å²) in [7, 11) is 0. The Kier molecular flexibility index (Phi) is 2.68. The van der Waals surface area contributed by atoms with Gasteiger partial charge in [-0.25, -0.2) is 4.39 Å². The molecule has 1 aliphatic carbocycles. The van der Waals surface area contributed by atoms with Crippen LogP contribution in [0.25, 0.3) is 0 Å². The van der Waals surface area contributed by atoms with Crippen LogP contribution in [0, 0.1) is 5.82 Å². The minimum Gasteiger partial charge on any atom is -0.348 e. The number of rotatable bonds is 3. The first-order valence-corrected chi connectivity index (χ1v) is 5.37. The first kappa shape index (κ1) is 11.1. The molecule has 0 unspecified atom stereocenters.